The zero-order valence-electron chi connectivity index (χ0n) is 5.02. The lowest BCUT2D eigenvalue weighted by Crippen LogP contribution is -1.83. The summed E-state index contributed by atoms with van der Waals surface area (Å²) in [5.41, 5.74) is 1.16. The van der Waals surface area contributed by atoms with E-state index in [-0.39, 0.29) is 6.61 Å². The largest absolute Gasteiger partial charge is 0.396 e. The van der Waals surface area contributed by atoms with Crippen molar-refractivity contribution in [3.05, 3.63) is 11.6 Å². The van der Waals surface area contributed by atoms with Crippen LogP contribution in [-0.2, 0) is 0 Å². The normalized spacial score (nSPS) is 12.1. The van der Waals surface area contributed by atoms with E-state index in [2.05, 4.69) is 0 Å². The van der Waals surface area contributed by atoms with Crippen LogP contribution in [0, 0.1) is 0 Å². The van der Waals surface area contributed by atoms with Gasteiger partial charge in [0.05, 0.1) is 0 Å². The molecule has 0 atom stereocenters. The second kappa shape index (κ2) is 5.13. The maximum absolute atomic E-state index is 8.38. The molecule has 0 aliphatic carbocycles. The summed E-state index contributed by atoms with van der Waals surface area (Å²) in [6.07, 6.45) is 2.64. The maximum atomic E-state index is 8.38. The molecule has 0 aromatic carbocycles. The van der Waals surface area contributed by atoms with Crippen LogP contribution in [0.15, 0.2) is 11.6 Å². The number of hydrogen-bond acceptors (Lipinski definition) is 1. The van der Waals surface area contributed by atoms with Crippen molar-refractivity contribution in [3.63, 3.8) is 0 Å². The molecule has 0 spiro atoms. The fourth-order valence-electron chi connectivity index (χ4n) is 0.410. The molecule has 0 radical (unpaired) electrons. The van der Waals surface area contributed by atoms with E-state index in [9.17, 15) is 0 Å². The van der Waals surface area contributed by atoms with Crippen molar-refractivity contribution in [2.24, 2.45) is 0 Å². The first-order valence-electron chi connectivity index (χ1n) is 2.63. The van der Waals surface area contributed by atoms with Crippen molar-refractivity contribution < 1.29 is 5.11 Å². The molecule has 0 heterocycles. The van der Waals surface area contributed by atoms with Crippen LogP contribution in [0.4, 0.5) is 0 Å². The van der Waals surface area contributed by atoms with Gasteiger partial charge in [0.2, 0.25) is 0 Å². The standard InChI is InChI=1S/C6H11ClO/c1-6(2-4-7)3-5-8/h2,8H,3-5H2,1H3/b6-2-. The zero-order chi connectivity index (χ0) is 6.41. The van der Waals surface area contributed by atoms with Gasteiger partial charge in [-0.25, -0.2) is 0 Å². The number of allylic oxidation sites excluding steroid dienone is 1. The molecule has 0 aliphatic rings. The maximum Gasteiger partial charge on any atom is 0.0468 e. The summed E-state index contributed by atoms with van der Waals surface area (Å²) >= 11 is 5.37. The van der Waals surface area contributed by atoms with Crippen LogP contribution in [0.3, 0.4) is 0 Å². The molecule has 0 saturated carbocycles. The number of alkyl halides is 1. The first-order chi connectivity index (χ1) is 3.81. The monoisotopic (exact) mass is 134 g/mol. The Bertz CT molecular complexity index is 78.6. The SMILES string of the molecule is C/C(=C/CCl)CCO. The Balaban J connectivity index is 3.29. The summed E-state index contributed by atoms with van der Waals surface area (Å²) in [4.78, 5) is 0. The lowest BCUT2D eigenvalue weighted by atomic mass is 10.2. The molecule has 8 heavy (non-hydrogen) atoms. The second-order valence-electron chi connectivity index (χ2n) is 1.68. The van der Waals surface area contributed by atoms with E-state index in [4.69, 9.17) is 16.7 Å². The van der Waals surface area contributed by atoms with Crippen LogP contribution >= 0.6 is 11.6 Å². The van der Waals surface area contributed by atoms with Crippen molar-refractivity contribution in [1.29, 1.82) is 0 Å². The average Bonchev–Trinajstić information content (AvgIpc) is 1.68. The van der Waals surface area contributed by atoms with Crippen LogP contribution in [0.1, 0.15) is 13.3 Å². The Labute approximate surface area is 55.0 Å². The highest BCUT2D eigenvalue weighted by Crippen LogP contribution is 1.97. The van der Waals surface area contributed by atoms with Crippen molar-refractivity contribution >= 4 is 11.6 Å². The summed E-state index contributed by atoms with van der Waals surface area (Å²) < 4.78 is 0. The van der Waals surface area contributed by atoms with E-state index in [1.54, 1.807) is 0 Å². The van der Waals surface area contributed by atoms with E-state index < -0.39 is 0 Å². The topological polar surface area (TPSA) is 20.2 Å². The van der Waals surface area contributed by atoms with Crippen molar-refractivity contribution in [2.75, 3.05) is 12.5 Å². The van der Waals surface area contributed by atoms with Crippen molar-refractivity contribution in [2.45, 2.75) is 13.3 Å². The fourth-order valence-corrected chi connectivity index (χ4v) is 0.674. The fraction of sp³-hybridized carbons (Fsp3) is 0.667. The number of halogens is 1. The highest BCUT2D eigenvalue weighted by Gasteiger charge is 1.83. The molecule has 0 amide bonds. The summed E-state index contributed by atoms with van der Waals surface area (Å²) in [6.45, 7) is 2.18. The smallest absolute Gasteiger partial charge is 0.0468 e. The Morgan fingerprint density at radius 3 is 2.75 bits per heavy atom. The van der Waals surface area contributed by atoms with Crippen LogP contribution in [-0.4, -0.2) is 17.6 Å². The quantitative estimate of drug-likeness (QED) is 0.459. The van der Waals surface area contributed by atoms with Gasteiger partial charge in [0.1, 0.15) is 0 Å². The van der Waals surface area contributed by atoms with Gasteiger partial charge in [-0.2, -0.15) is 0 Å². The summed E-state index contributed by atoms with van der Waals surface area (Å²) in [6, 6.07) is 0. The molecule has 0 saturated heterocycles. The van der Waals surface area contributed by atoms with Gasteiger partial charge >= 0.3 is 0 Å². The number of rotatable bonds is 3. The average molecular weight is 135 g/mol. The van der Waals surface area contributed by atoms with E-state index in [0.29, 0.717) is 5.88 Å². The molecule has 0 aromatic rings. The summed E-state index contributed by atoms with van der Waals surface area (Å²) in [5.74, 6) is 0.547. The Hall–Kier alpha value is -0.0100. The third-order valence-corrected chi connectivity index (χ3v) is 1.09. The predicted octanol–water partition coefficient (Wildman–Crippen LogP) is 1.55. The lowest BCUT2D eigenvalue weighted by Gasteiger charge is -1.92. The molecule has 0 aromatic heterocycles. The van der Waals surface area contributed by atoms with Gasteiger partial charge in [0, 0.05) is 12.5 Å². The Kier molecular flexibility index (Phi) is 5.13. The van der Waals surface area contributed by atoms with E-state index >= 15 is 0 Å². The Morgan fingerprint density at radius 1 is 1.75 bits per heavy atom. The first kappa shape index (κ1) is 7.99. The van der Waals surface area contributed by atoms with Gasteiger partial charge in [-0.3, -0.25) is 0 Å². The van der Waals surface area contributed by atoms with Crippen LogP contribution < -0.4 is 0 Å². The van der Waals surface area contributed by atoms with Crippen molar-refractivity contribution in [3.8, 4) is 0 Å². The molecule has 48 valence electrons. The molecular weight excluding hydrogens is 124 g/mol. The molecule has 0 aliphatic heterocycles. The zero-order valence-corrected chi connectivity index (χ0v) is 5.78. The minimum Gasteiger partial charge on any atom is -0.396 e. The van der Waals surface area contributed by atoms with E-state index in [1.807, 2.05) is 13.0 Å². The predicted molar refractivity (Wildman–Crippen MR) is 36.2 cm³/mol. The van der Waals surface area contributed by atoms with Gasteiger partial charge in [-0.15, -0.1) is 11.6 Å². The van der Waals surface area contributed by atoms with Crippen LogP contribution in [0.5, 0.6) is 0 Å². The lowest BCUT2D eigenvalue weighted by molar-refractivity contribution is 0.299. The van der Waals surface area contributed by atoms with Gasteiger partial charge in [0.25, 0.3) is 0 Å². The van der Waals surface area contributed by atoms with Gasteiger partial charge in [0.15, 0.2) is 0 Å². The Morgan fingerprint density at radius 2 is 2.38 bits per heavy atom. The van der Waals surface area contributed by atoms with Gasteiger partial charge in [-0.05, 0) is 13.3 Å². The minimum absolute atomic E-state index is 0.221. The number of aliphatic hydroxyl groups excluding tert-OH is 1. The van der Waals surface area contributed by atoms with Gasteiger partial charge < -0.3 is 5.11 Å². The van der Waals surface area contributed by atoms with E-state index in [1.165, 1.54) is 0 Å². The van der Waals surface area contributed by atoms with Crippen molar-refractivity contribution in [1.82, 2.24) is 0 Å². The highest BCUT2D eigenvalue weighted by atomic mass is 35.5. The van der Waals surface area contributed by atoms with Crippen LogP contribution in [0.2, 0.25) is 0 Å². The number of aliphatic hydroxyl groups is 1. The van der Waals surface area contributed by atoms with E-state index in [0.717, 1.165) is 12.0 Å². The molecular formula is C6H11ClO. The number of hydrogen-bond donors (Lipinski definition) is 1. The first-order valence-corrected chi connectivity index (χ1v) is 3.17. The molecule has 0 fully saturated rings. The highest BCUT2D eigenvalue weighted by molar-refractivity contribution is 6.18. The summed E-state index contributed by atoms with van der Waals surface area (Å²) in [5, 5.41) is 8.38. The molecule has 0 bridgehead atoms. The molecule has 1 nitrogen and oxygen atoms in total. The molecule has 0 rings (SSSR count). The van der Waals surface area contributed by atoms with Gasteiger partial charge in [-0.1, -0.05) is 11.6 Å². The molecule has 0 unspecified atom stereocenters. The van der Waals surface area contributed by atoms with Crippen LogP contribution in [0.25, 0.3) is 0 Å². The molecule has 1 N–H and O–H groups in total. The minimum atomic E-state index is 0.221. The second-order valence-corrected chi connectivity index (χ2v) is 1.99. The third kappa shape index (κ3) is 4.16. The third-order valence-electron chi connectivity index (χ3n) is 0.932. The molecule has 2 heteroatoms. The summed E-state index contributed by atoms with van der Waals surface area (Å²) in [7, 11) is 0.